The van der Waals surface area contributed by atoms with Crippen LogP contribution in [-0.2, 0) is 0 Å². The number of anilines is 2. The van der Waals surface area contributed by atoms with Gasteiger partial charge in [0, 0.05) is 17.1 Å². The number of nitrogens with one attached hydrogen (secondary N) is 2. The number of hydrogen-bond donors (Lipinski definition) is 3. The summed E-state index contributed by atoms with van der Waals surface area (Å²) in [6.07, 6.45) is 0. The fourth-order valence-corrected chi connectivity index (χ4v) is 2.04. The van der Waals surface area contributed by atoms with E-state index in [1.165, 1.54) is 10.8 Å². The second kappa shape index (κ2) is 8.55. The quantitative estimate of drug-likeness (QED) is 0.255. The first kappa shape index (κ1) is 14.8. The Morgan fingerprint density at radius 2 is 1.40 bits per heavy atom. The fourth-order valence-electron chi connectivity index (χ4n) is 1.62. The Hall–Kier alpha value is -1.59. The first-order chi connectivity index (χ1) is 9.88. The fraction of sp³-hybridized carbons (Fsp3) is 0.133. The van der Waals surface area contributed by atoms with Crippen LogP contribution in [0.15, 0.2) is 65.7 Å². The van der Waals surface area contributed by atoms with Crippen LogP contribution in [0.2, 0.25) is 0 Å². The molecule has 3 nitrogen and oxygen atoms in total. The highest BCUT2D eigenvalue weighted by Gasteiger charge is 2.00. The van der Waals surface area contributed by atoms with Crippen molar-refractivity contribution in [3.8, 4) is 0 Å². The number of para-hydroxylation sites is 2. The van der Waals surface area contributed by atoms with Gasteiger partial charge in [0.15, 0.2) is 5.96 Å². The van der Waals surface area contributed by atoms with Gasteiger partial charge in [0.05, 0.1) is 6.54 Å². The molecule has 0 aliphatic heterocycles. The average molecular weight is 303 g/mol. The van der Waals surface area contributed by atoms with Gasteiger partial charge in [-0.2, -0.15) is 0 Å². The summed E-state index contributed by atoms with van der Waals surface area (Å²) < 4.78 is 0. The maximum Gasteiger partial charge on any atom is 0.200 e. The van der Waals surface area contributed by atoms with Gasteiger partial charge in [-0.25, -0.2) is 0 Å². The van der Waals surface area contributed by atoms with E-state index in [9.17, 15) is 0 Å². The largest absolute Gasteiger partial charge is 0.326 e. The van der Waals surface area contributed by atoms with E-state index in [-0.39, 0.29) is 0 Å². The topological polar surface area (TPSA) is 36.4 Å². The second-order valence-corrected chi connectivity index (χ2v) is 5.49. The summed E-state index contributed by atoms with van der Waals surface area (Å²) in [4.78, 5) is 4.53. The van der Waals surface area contributed by atoms with Crippen LogP contribution in [0.3, 0.4) is 0 Å². The molecule has 104 valence electrons. The number of thiol groups is 1. The molecule has 2 aromatic rings. The van der Waals surface area contributed by atoms with Crippen molar-refractivity contribution in [1.82, 2.24) is 0 Å². The van der Waals surface area contributed by atoms with E-state index in [2.05, 4.69) is 27.3 Å². The van der Waals surface area contributed by atoms with Crippen molar-refractivity contribution in [3.05, 3.63) is 60.7 Å². The van der Waals surface area contributed by atoms with Crippen molar-refractivity contribution in [2.24, 2.45) is 4.99 Å². The van der Waals surface area contributed by atoms with E-state index in [1.807, 2.05) is 60.7 Å². The summed E-state index contributed by atoms with van der Waals surface area (Å²) in [7, 11) is 1.49. The highest BCUT2D eigenvalue weighted by atomic mass is 33.1. The van der Waals surface area contributed by atoms with Crippen LogP contribution in [0.5, 0.6) is 0 Å². The molecule has 0 spiro atoms. The Morgan fingerprint density at radius 3 is 1.85 bits per heavy atom. The number of guanidine groups is 1. The number of nitrogens with zero attached hydrogens (tertiary/aromatic N) is 1. The molecule has 2 N–H and O–H groups in total. The molecule has 2 aromatic carbocycles. The number of benzene rings is 2. The summed E-state index contributed by atoms with van der Waals surface area (Å²) in [6, 6.07) is 20.0. The molecule has 0 fully saturated rings. The van der Waals surface area contributed by atoms with Gasteiger partial charge in [0.2, 0.25) is 0 Å². The van der Waals surface area contributed by atoms with Crippen LogP contribution in [0.25, 0.3) is 0 Å². The SMILES string of the molecule is SSCCN=C(Nc1ccccc1)Nc1ccccc1. The molecule has 0 amide bonds. The molecule has 0 aliphatic carbocycles. The van der Waals surface area contributed by atoms with E-state index in [0.29, 0.717) is 6.54 Å². The van der Waals surface area contributed by atoms with E-state index < -0.39 is 0 Å². The molecule has 2 rings (SSSR count). The lowest BCUT2D eigenvalue weighted by atomic mass is 10.3. The zero-order valence-electron chi connectivity index (χ0n) is 11.0. The second-order valence-electron chi connectivity index (χ2n) is 4.05. The molecular weight excluding hydrogens is 286 g/mol. The van der Waals surface area contributed by atoms with Crippen molar-refractivity contribution in [2.75, 3.05) is 22.9 Å². The average Bonchev–Trinajstić information content (AvgIpc) is 2.49. The molecule has 0 aromatic heterocycles. The molecule has 0 bridgehead atoms. The van der Waals surface area contributed by atoms with Crippen molar-refractivity contribution in [1.29, 1.82) is 0 Å². The lowest BCUT2D eigenvalue weighted by molar-refractivity contribution is 1.14. The Kier molecular flexibility index (Phi) is 6.34. The van der Waals surface area contributed by atoms with Crippen molar-refractivity contribution in [2.45, 2.75) is 0 Å². The smallest absolute Gasteiger partial charge is 0.200 e. The molecule has 0 saturated heterocycles. The van der Waals surface area contributed by atoms with Crippen LogP contribution >= 0.6 is 22.5 Å². The van der Waals surface area contributed by atoms with Crippen LogP contribution in [0, 0.1) is 0 Å². The van der Waals surface area contributed by atoms with Crippen molar-refractivity contribution < 1.29 is 0 Å². The summed E-state index contributed by atoms with van der Waals surface area (Å²) >= 11 is 4.13. The van der Waals surface area contributed by atoms with Gasteiger partial charge >= 0.3 is 0 Å². The third-order valence-electron chi connectivity index (χ3n) is 2.53. The summed E-state index contributed by atoms with van der Waals surface area (Å²) in [5, 5.41) is 6.58. The van der Waals surface area contributed by atoms with Gasteiger partial charge in [-0.1, -0.05) is 47.2 Å². The monoisotopic (exact) mass is 303 g/mol. The van der Waals surface area contributed by atoms with Gasteiger partial charge < -0.3 is 10.6 Å². The van der Waals surface area contributed by atoms with Gasteiger partial charge in [0.1, 0.15) is 0 Å². The number of rotatable bonds is 5. The van der Waals surface area contributed by atoms with Gasteiger partial charge in [-0.3, -0.25) is 4.99 Å². The standard InChI is InChI=1S/C15H17N3S2/c19-20-12-11-16-15(17-13-7-3-1-4-8-13)18-14-9-5-2-6-10-14/h1-10,19H,11-12H2,(H2,16,17,18). The molecular formula is C15H17N3S2. The lowest BCUT2D eigenvalue weighted by Crippen LogP contribution is -2.22. The lowest BCUT2D eigenvalue weighted by Gasteiger charge is -2.12. The minimum absolute atomic E-state index is 0.711. The maximum atomic E-state index is 4.53. The van der Waals surface area contributed by atoms with Gasteiger partial charge in [0.25, 0.3) is 0 Å². The van der Waals surface area contributed by atoms with Gasteiger partial charge in [-0.05, 0) is 24.3 Å². The number of hydrogen-bond acceptors (Lipinski definition) is 3. The molecule has 0 unspecified atom stereocenters. The summed E-state index contributed by atoms with van der Waals surface area (Å²) in [5.41, 5.74) is 2.02. The molecule has 0 heterocycles. The van der Waals surface area contributed by atoms with E-state index >= 15 is 0 Å². The zero-order chi connectivity index (χ0) is 14.0. The Labute approximate surface area is 128 Å². The van der Waals surface area contributed by atoms with Crippen LogP contribution in [-0.4, -0.2) is 18.3 Å². The first-order valence-electron chi connectivity index (χ1n) is 6.33. The zero-order valence-corrected chi connectivity index (χ0v) is 12.7. The summed E-state index contributed by atoms with van der Waals surface area (Å²) in [5.74, 6) is 1.62. The third-order valence-corrected chi connectivity index (χ3v) is 3.44. The van der Waals surface area contributed by atoms with Crippen LogP contribution in [0.1, 0.15) is 0 Å². The van der Waals surface area contributed by atoms with Crippen LogP contribution in [0.4, 0.5) is 11.4 Å². The Morgan fingerprint density at radius 1 is 0.900 bits per heavy atom. The van der Waals surface area contributed by atoms with E-state index in [0.717, 1.165) is 23.1 Å². The number of aliphatic imine (C=N–C) groups is 1. The minimum Gasteiger partial charge on any atom is -0.326 e. The molecule has 0 saturated carbocycles. The first-order valence-corrected chi connectivity index (χ1v) is 8.37. The van der Waals surface area contributed by atoms with Crippen molar-refractivity contribution in [3.63, 3.8) is 0 Å². The van der Waals surface area contributed by atoms with Crippen molar-refractivity contribution >= 4 is 39.8 Å². The molecule has 5 heteroatoms. The normalized spacial score (nSPS) is 9.85. The van der Waals surface area contributed by atoms with E-state index in [1.54, 1.807) is 0 Å². The maximum absolute atomic E-state index is 4.53. The highest BCUT2D eigenvalue weighted by Crippen LogP contribution is 2.09. The van der Waals surface area contributed by atoms with Crippen LogP contribution < -0.4 is 10.6 Å². The minimum atomic E-state index is 0.711. The highest BCUT2D eigenvalue weighted by molar-refractivity contribution is 8.68. The molecule has 20 heavy (non-hydrogen) atoms. The molecule has 0 radical (unpaired) electrons. The predicted octanol–water partition coefficient (Wildman–Crippen LogP) is 4.14. The van der Waals surface area contributed by atoms with Gasteiger partial charge in [-0.15, -0.1) is 11.7 Å². The predicted molar refractivity (Wildman–Crippen MR) is 93.9 cm³/mol. The summed E-state index contributed by atoms with van der Waals surface area (Å²) in [6.45, 7) is 0.711. The molecule has 0 atom stereocenters. The third kappa shape index (κ3) is 5.19. The Bertz CT molecular complexity index is 486. The van der Waals surface area contributed by atoms with E-state index in [4.69, 9.17) is 0 Å². The Balaban J connectivity index is 2.06. The molecule has 0 aliphatic rings.